The van der Waals surface area contributed by atoms with Gasteiger partial charge in [0.05, 0.1) is 12.2 Å². The molecule has 108 valence electrons. The van der Waals surface area contributed by atoms with Gasteiger partial charge in [-0.2, -0.15) is 0 Å². The van der Waals surface area contributed by atoms with Crippen LogP contribution in [0, 0.1) is 0 Å². The van der Waals surface area contributed by atoms with Crippen LogP contribution in [-0.2, 0) is 16.0 Å². The van der Waals surface area contributed by atoms with E-state index in [4.69, 9.17) is 15.6 Å². The van der Waals surface area contributed by atoms with Crippen molar-refractivity contribution in [1.29, 1.82) is 0 Å². The molecule has 0 bridgehead atoms. The summed E-state index contributed by atoms with van der Waals surface area (Å²) >= 11 is 0. The number of carboxylic acids is 1. The number of nitrogens with one attached hydrogen (secondary N) is 1. The van der Waals surface area contributed by atoms with Crippen LogP contribution in [0.25, 0.3) is 0 Å². The summed E-state index contributed by atoms with van der Waals surface area (Å²) in [6.07, 6.45) is 0.954. The summed E-state index contributed by atoms with van der Waals surface area (Å²) < 4.78 is 5.13. The maximum atomic E-state index is 11.9. The summed E-state index contributed by atoms with van der Waals surface area (Å²) in [6, 6.07) is 6.75. The van der Waals surface area contributed by atoms with Crippen molar-refractivity contribution in [3.05, 3.63) is 35.4 Å². The lowest BCUT2D eigenvalue weighted by atomic mass is 9.99. The van der Waals surface area contributed by atoms with Crippen LogP contribution in [0.5, 0.6) is 0 Å². The molecule has 0 radical (unpaired) electrons. The Hall–Kier alpha value is -1.92. The molecule has 0 aliphatic carbocycles. The minimum Gasteiger partial charge on any atom is -0.478 e. The summed E-state index contributed by atoms with van der Waals surface area (Å²) in [5.74, 6) is -1.21. The van der Waals surface area contributed by atoms with Crippen molar-refractivity contribution >= 4 is 11.9 Å². The SMILES string of the molecule is NC1(C(=O)NCCc2ccccc2C(=O)O)CCOC1. The molecular formula is C14H18N2O4. The van der Waals surface area contributed by atoms with Gasteiger partial charge in [-0.15, -0.1) is 0 Å². The van der Waals surface area contributed by atoms with Gasteiger partial charge in [0, 0.05) is 13.2 Å². The normalized spacial score (nSPS) is 21.6. The molecule has 1 aliphatic rings. The van der Waals surface area contributed by atoms with Gasteiger partial charge >= 0.3 is 5.97 Å². The molecule has 0 aromatic heterocycles. The van der Waals surface area contributed by atoms with Crippen molar-refractivity contribution in [1.82, 2.24) is 5.32 Å². The molecule has 0 saturated carbocycles. The van der Waals surface area contributed by atoms with E-state index in [1.54, 1.807) is 24.3 Å². The van der Waals surface area contributed by atoms with Gasteiger partial charge in [-0.3, -0.25) is 4.79 Å². The van der Waals surface area contributed by atoms with E-state index in [9.17, 15) is 9.59 Å². The van der Waals surface area contributed by atoms with Gasteiger partial charge in [-0.25, -0.2) is 4.79 Å². The Kier molecular flexibility index (Phi) is 4.36. The number of amides is 1. The number of hydrogen-bond acceptors (Lipinski definition) is 4. The molecule has 1 aliphatic heterocycles. The zero-order valence-electron chi connectivity index (χ0n) is 11.1. The molecule has 20 heavy (non-hydrogen) atoms. The predicted molar refractivity (Wildman–Crippen MR) is 72.5 cm³/mol. The first-order valence-electron chi connectivity index (χ1n) is 6.49. The average Bonchev–Trinajstić information content (AvgIpc) is 2.87. The fraction of sp³-hybridized carbons (Fsp3) is 0.429. The van der Waals surface area contributed by atoms with Crippen LogP contribution >= 0.6 is 0 Å². The Balaban J connectivity index is 1.90. The van der Waals surface area contributed by atoms with Gasteiger partial charge in [0.2, 0.25) is 5.91 Å². The maximum absolute atomic E-state index is 11.9. The number of carbonyl (C=O) groups excluding carboxylic acids is 1. The average molecular weight is 278 g/mol. The maximum Gasteiger partial charge on any atom is 0.335 e. The zero-order valence-corrected chi connectivity index (χ0v) is 11.1. The second-order valence-electron chi connectivity index (χ2n) is 4.93. The lowest BCUT2D eigenvalue weighted by Crippen LogP contribution is -2.54. The number of carbonyl (C=O) groups is 2. The number of hydrogen-bond donors (Lipinski definition) is 3. The first-order chi connectivity index (χ1) is 9.53. The second-order valence-corrected chi connectivity index (χ2v) is 4.93. The van der Waals surface area contributed by atoms with Crippen LogP contribution in [0.2, 0.25) is 0 Å². The minimum atomic E-state index is -0.966. The molecule has 1 atom stereocenters. The van der Waals surface area contributed by atoms with E-state index in [-0.39, 0.29) is 18.1 Å². The van der Waals surface area contributed by atoms with Crippen LogP contribution in [0.15, 0.2) is 24.3 Å². The summed E-state index contributed by atoms with van der Waals surface area (Å²) in [7, 11) is 0. The molecule has 2 rings (SSSR count). The Morgan fingerprint density at radius 1 is 1.40 bits per heavy atom. The quantitative estimate of drug-likeness (QED) is 0.712. The summed E-state index contributed by atoms with van der Waals surface area (Å²) in [6.45, 7) is 1.07. The van der Waals surface area contributed by atoms with Crippen LogP contribution in [-0.4, -0.2) is 42.3 Å². The molecule has 0 spiro atoms. The van der Waals surface area contributed by atoms with Crippen molar-refractivity contribution in [2.75, 3.05) is 19.8 Å². The number of benzene rings is 1. The van der Waals surface area contributed by atoms with E-state index >= 15 is 0 Å². The summed E-state index contributed by atoms with van der Waals surface area (Å²) in [5, 5.41) is 11.8. The highest BCUT2D eigenvalue weighted by Crippen LogP contribution is 2.15. The van der Waals surface area contributed by atoms with Gasteiger partial charge in [0.25, 0.3) is 0 Å². The smallest absolute Gasteiger partial charge is 0.335 e. The van der Waals surface area contributed by atoms with Gasteiger partial charge in [0.1, 0.15) is 5.54 Å². The highest BCUT2D eigenvalue weighted by Gasteiger charge is 2.37. The van der Waals surface area contributed by atoms with E-state index < -0.39 is 11.5 Å². The second kappa shape index (κ2) is 6.02. The lowest BCUT2D eigenvalue weighted by molar-refractivity contribution is -0.126. The largest absolute Gasteiger partial charge is 0.478 e. The lowest BCUT2D eigenvalue weighted by Gasteiger charge is -2.20. The molecule has 1 amide bonds. The first-order valence-corrected chi connectivity index (χ1v) is 6.49. The summed E-state index contributed by atoms with van der Waals surface area (Å²) in [4.78, 5) is 23.0. The standard InChI is InChI=1S/C14H18N2O4/c15-14(6-8-20-9-14)13(19)16-7-5-10-3-1-2-4-11(10)12(17)18/h1-4H,5-9,15H2,(H,16,19)(H,17,18). The molecule has 4 N–H and O–H groups in total. The molecular weight excluding hydrogens is 260 g/mol. The molecule has 1 heterocycles. The molecule has 1 fully saturated rings. The Morgan fingerprint density at radius 3 is 2.80 bits per heavy atom. The van der Waals surface area contributed by atoms with Gasteiger partial charge < -0.3 is 20.9 Å². The van der Waals surface area contributed by atoms with Crippen LogP contribution < -0.4 is 11.1 Å². The monoisotopic (exact) mass is 278 g/mol. The fourth-order valence-corrected chi connectivity index (χ4v) is 2.19. The predicted octanol–water partition coefficient (Wildman–Crippen LogP) is 0.161. The van der Waals surface area contributed by atoms with E-state index in [1.807, 2.05) is 0 Å². The highest BCUT2D eigenvalue weighted by molar-refractivity contribution is 5.89. The highest BCUT2D eigenvalue weighted by atomic mass is 16.5. The molecule has 6 heteroatoms. The number of nitrogens with two attached hydrogens (primary N) is 1. The van der Waals surface area contributed by atoms with E-state index in [0.29, 0.717) is 31.6 Å². The Morgan fingerprint density at radius 2 is 2.15 bits per heavy atom. The van der Waals surface area contributed by atoms with E-state index in [1.165, 1.54) is 0 Å². The van der Waals surface area contributed by atoms with Crippen molar-refractivity contribution < 1.29 is 19.4 Å². The Bertz CT molecular complexity index is 510. The zero-order chi connectivity index (χ0) is 14.6. The third-order valence-electron chi connectivity index (χ3n) is 3.43. The first kappa shape index (κ1) is 14.5. The number of rotatable bonds is 5. The number of carboxylic acid groups (broad SMARTS) is 1. The third-order valence-corrected chi connectivity index (χ3v) is 3.43. The van der Waals surface area contributed by atoms with Gasteiger partial charge in [-0.05, 0) is 24.5 Å². The molecule has 1 aromatic rings. The van der Waals surface area contributed by atoms with Gasteiger partial charge in [0.15, 0.2) is 0 Å². The van der Waals surface area contributed by atoms with Crippen LogP contribution in [0.4, 0.5) is 0 Å². The molecule has 1 unspecified atom stereocenters. The Labute approximate surface area is 116 Å². The molecule has 1 saturated heterocycles. The van der Waals surface area contributed by atoms with E-state index in [0.717, 1.165) is 0 Å². The molecule has 1 aromatic carbocycles. The topological polar surface area (TPSA) is 102 Å². The van der Waals surface area contributed by atoms with Crippen LogP contribution in [0.1, 0.15) is 22.3 Å². The van der Waals surface area contributed by atoms with Crippen LogP contribution in [0.3, 0.4) is 0 Å². The van der Waals surface area contributed by atoms with Crippen molar-refractivity contribution in [2.24, 2.45) is 5.73 Å². The van der Waals surface area contributed by atoms with Crippen molar-refractivity contribution in [2.45, 2.75) is 18.4 Å². The molecule has 6 nitrogen and oxygen atoms in total. The summed E-state index contributed by atoms with van der Waals surface area (Å²) in [5.41, 5.74) is 5.92. The number of ether oxygens (including phenoxy) is 1. The van der Waals surface area contributed by atoms with Crippen molar-refractivity contribution in [3.8, 4) is 0 Å². The van der Waals surface area contributed by atoms with Crippen molar-refractivity contribution in [3.63, 3.8) is 0 Å². The minimum absolute atomic E-state index is 0.227. The number of aromatic carboxylic acids is 1. The van der Waals surface area contributed by atoms with E-state index in [2.05, 4.69) is 5.32 Å². The van der Waals surface area contributed by atoms with Gasteiger partial charge in [-0.1, -0.05) is 18.2 Å². The third kappa shape index (κ3) is 3.15. The fourth-order valence-electron chi connectivity index (χ4n) is 2.19.